The van der Waals surface area contributed by atoms with Gasteiger partial charge in [0.25, 0.3) is 0 Å². The van der Waals surface area contributed by atoms with Gasteiger partial charge >= 0.3 is 0 Å². The first-order valence-corrected chi connectivity index (χ1v) is 6.25. The molecule has 4 heteroatoms. The van der Waals surface area contributed by atoms with Crippen LogP contribution in [0.15, 0.2) is 18.2 Å². The largest absolute Gasteiger partial charge is 0.320 e. The van der Waals surface area contributed by atoms with Gasteiger partial charge in [0.05, 0.1) is 16.7 Å². The van der Waals surface area contributed by atoms with Crippen LogP contribution in [0.3, 0.4) is 0 Å². The fraction of sp³-hybridized carbons (Fsp3) is 0.308. The predicted octanol–water partition coefficient (Wildman–Crippen LogP) is 3.26. The van der Waals surface area contributed by atoms with E-state index in [1.54, 1.807) is 11.3 Å². The first-order valence-electron chi connectivity index (χ1n) is 5.44. The Hall–Kier alpha value is -1.26. The van der Waals surface area contributed by atoms with Gasteiger partial charge in [-0.05, 0) is 44.0 Å². The standard InChI is InChI=1S/C13H15FN2S/c1-7-4-10(6-11(14)5-7)12(15)13-8(2)16-9(3)17-13/h4-6,12H,15H2,1-3H3. The molecule has 0 aliphatic carbocycles. The summed E-state index contributed by atoms with van der Waals surface area (Å²) in [6, 6.07) is 4.62. The minimum absolute atomic E-state index is 0.241. The number of halogens is 1. The van der Waals surface area contributed by atoms with E-state index in [0.717, 1.165) is 26.7 Å². The summed E-state index contributed by atoms with van der Waals surface area (Å²) in [4.78, 5) is 5.35. The summed E-state index contributed by atoms with van der Waals surface area (Å²) in [6.45, 7) is 5.75. The van der Waals surface area contributed by atoms with E-state index < -0.39 is 0 Å². The number of rotatable bonds is 2. The molecule has 0 saturated heterocycles. The van der Waals surface area contributed by atoms with Crippen molar-refractivity contribution in [2.24, 2.45) is 5.73 Å². The molecule has 1 aromatic carbocycles. The lowest BCUT2D eigenvalue weighted by Crippen LogP contribution is -2.12. The van der Waals surface area contributed by atoms with E-state index in [0.29, 0.717) is 0 Å². The summed E-state index contributed by atoms with van der Waals surface area (Å²) in [5, 5.41) is 0.987. The molecule has 2 N–H and O–H groups in total. The number of nitrogens with zero attached hydrogens (tertiary/aromatic N) is 1. The summed E-state index contributed by atoms with van der Waals surface area (Å²) in [5.41, 5.74) is 8.79. The van der Waals surface area contributed by atoms with Crippen LogP contribution in [0.25, 0.3) is 0 Å². The highest BCUT2D eigenvalue weighted by Gasteiger charge is 2.16. The molecule has 0 saturated carbocycles. The Balaban J connectivity index is 2.43. The van der Waals surface area contributed by atoms with E-state index in [-0.39, 0.29) is 11.9 Å². The number of thiazole rings is 1. The molecule has 2 aromatic rings. The van der Waals surface area contributed by atoms with Gasteiger partial charge in [-0.1, -0.05) is 6.07 Å². The van der Waals surface area contributed by atoms with Crippen molar-refractivity contribution in [1.29, 1.82) is 0 Å². The third-order valence-corrected chi connectivity index (χ3v) is 3.80. The maximum absolute atomic E-state index is 13.3. The molecule has 1 atom stereocenters. The molecular formula is C13H15FN2S. The van der Waals surface area contributed by atoms with Crippen LogP contribution < -0.4 is 5.73 Å². The lowest BCUT2D eigenvalue weighted by atomic mass is 10.0. The minimum Gasteiger partial charge on any atom is -0.320 e. The highest BCUT2D eigenvalue weighted by molar-refractivity contribution is 7.11. The Morgan fingerprint density at radius 3 is 2.47 bits per heavy atom. The zero-order chi connectivity index (χ0) is 12.6. The van der Waals surface area contributed by atoms with Crippen molar-refractivity contribution < 1.29 is 4.39 Å². The van der Waals surface area contributed by atoms with Crippen molar-refractivity contribution in [3.05, 3.63) is 50.7 Å². The average Bonchev–Trinajstić information content (AvgIpc) is 2.55. The summed E-state index contributed by atoms with van der Waals surface area (Å²) >= 11 is 1.57. The summed E-state index contributed by atoms with van der Waals surface area (Å²) < 4.78 is 13.3. The maximum Gasteiger partial charge on any atom is 0.123 e. The molecule has 0 spiro atoms. The molecule has 1 unspecified atom stereocenters. The molecule has 2 nitrogen and oxygen atoms in total. The number of aryl methyl sites for hydroxylation is 3. The number of hydrogen-bond donors (Lipinski definition) is 1. The Morgan fingerprint density at radius 1 is 1.24 bits per heavy atom. The average molecular weight is 250 g/mol. The Kier molecular flexibility index (Phi) is 3.26. The van der Waals surface area contributed by atoms with E-state index >= 15 is 0 Å². The summed E-state index contributed by atoms with van der Waals surface area (Å²) in [6.07, 6.45) is 0. The number of nitrogens with two attached hydrogens (primary N) is 1. The molecule has 17 heavy (non-hydrogen) atoms. The van der Waals surface area contributed by atoms with E-state index in [9.17, 15) is 4.39 Å². The molecule has 0 bridgehead atoms. The number of aromatic nitrogens is 1. The third-order valence-electron chi connectivity index (χ3n) is 2.65. The molecule has 1 aromatic heterocycles. The van der Waals surface area contributed by atoms with Crippen LogP contribution >= 0.6 is 11.3 Å². The normalized spacial score (nSPS) is 12.8. The van der Waals surface area contributed by atoms with Gasteiger partial charge in [-0.2, -0.15) is 0 Å². The third kappa shape index (κ3) is 2.53. The molecular weight excluding hydrogens is 235 g/mol. The topological polar surface area (TPSA) is 38.9 Å². The summed E-state index contributed by atoms with van der Waals surface area (Å²) in [7, 11) is 0. The van der Waals surface area contributed by atoms with Crippen molar-refractivity contribution >= 4 is 11.3 Å². The van der Waals surface area contributed by atoms with Gasteiger partial charge < -0.3 is 5.73 Å². The van der Waals surface area contributed by atoms with Crippen LogP contribution in [0.4, 0.5) is 4.39 Å². The lowest BCUT2D eigenvalue weighted by Gasteiger charge is -2.11. The lowest BCUT2D eigenvalue weighted by molar-refractivity contribution is 0.622. The Morgan fingerprint density at radius 2 is 1.94 bits per heavy atom. The van der Waals surface area contributed by atoms with Crippen molar-refractivity contribution in [1.82, 2.24) is 4.98 Å². The zero-order valence-corrected chi connectivity index (χ0v) is 10.9. The Bertz CT molecular complexity index is 528. The highest BCUT2D eigenvalue weighted by atomic mass is 32.1. The second-order valence-corrected chi connectivity index (χ2v) is 5.46. The SMILES string of the molecule is Cc1cc(F)cc(C(N)c2sc(C)nc2C)c1. The number of benzene rings is 1. The molecule has 2 rings (SSSR count). The highest BCUT2D eigenvalue weighted by Crippen LogP contribution is 2.28. The first-order chi connectivity index (χ1) is 7.97. The van der Waals surface area contributed by atoms with E-state index in [1.165, 1.54) is 12.1 Å². The van der Waals surface area contributed by atoms with Crippen molar-refractivity contribution in [2.45, 2.75) is 26.8 Å². The van der Waals surface area contributed by atoms with E-state index in [4.69, 9.17) is 5.73 Å². The second kappa shape index (κ2) is 4.55. The minimum atomic E-state index is -0.296. The molecule has 0 fully saturated rings. The van der Waals surface area contributed by atoms with Gasteiger partial charge in [0.15, 0.2) is 0 Å². The fourth-order valence-electron chi connectivity index (χ4n) is 1.93. The molecule has 0 amide bonds. The smallest absolute Gasteiger partial charge is 0.123 e. The van der Waals surface area contributed by atoms with E-state index in [2.05, 4.69) is 4.98 Å². The van der Waals surface area contributed by atoms with Gasteiger partial charge in [0.2, 0.25) is 0 Å². The molecule has 0 aliphatic rings. The van der Waals surface area contributed by atoms with Crippen LogP contribution in [-0.4, -0.2) is 4.98 Å². The van der Waals surface area contributed by atoms with Crippen LogP contribution in [0.5, 0.6) is 0 Å². The van der Waals surface area contributed by atoms with E-state index in [1.807, 2.05) is 26.8 Å². The Labute approximate surface area is 104 Å². The van der Waals surface area contributed by atoms with Gasteiger partial charge in [-0.15, -0.1) is 11.3 Å². The van der Waals surface area contributed by atoms with Gasteiger partial charge in [-0.25, -0.2) is 9.37 Å². The fourth-order valence-corrected chi connectivity index (χ4v) is 2.89. The first kappa shape index (κ1) is 12.2. The van der Waals surface area contributed by atoms with Crippen molar-refractivity contribution in [2.75, 3.05) is 0 Å². The quantitative estimate of drug-likeness (QED) is 0.888. The van der Waals surface area contributed by atoms with Crippen molar-refractivity contribution in [3.8, 4) is 0 Å². The molecule has 0 radical (unpaired) electrons. The van der Waals surface area contributed by atoms with Crippen LogP contribution in [0.2, 0.25) is 0 Å². The molecule has 0 aliphatic heterocycles. The molecule has 1 heterocycles. The van der Waals surface area contributed by atoms with Gasteiger partial charge in [-0.3, -0.25) is 0 Å². The maximum atomic E-state index is 13.3. The number of hydrogen-bond acceptors (Lipinski definition) is 3. The second-order valence-electron chi connectivity index (χ2n) is 4.22. The van der Waals surface area contributed by atoms with Crippen LogP contribution in [0, 0.1) is 26.6 Å². The van der Waals surface area contributed by atoms with Gasteiger partial charge in [0, 0.05) is 4.88 Å². The van der Waals surface area contributed by atoms with Crippen LogP contribution in [-0.2, 0) is 0 Å². The zero-order valence-electron chi connectivity index (χ0n) is 10.1. The summed E-state index contributed by atoms with van der Waals surface area (Å²) in [5.74, 6) is -0.241. The monoisotopic (exact) mass is 250 g/mol. The van der Waals surface area contributed by atoms with Gasteiger partial charge in [0.1, 0.15) is 5.82 Å². The molecule has 90 valence electrons. The van der Waals surface area contributed by atoms with Crippen LogP contribution in [0.1, 0.15) is 32.7 Å². The predicted molar refractivity (Wildman–Crippen MR) is 68.8 cm³/mol. The van der Waals surface area contributed by atoms with Crippen molar-refractivity contribution in [3.63, 3.8) is 0 Å².